The van der Waals surface area contributed by atoms with Crippen molar-refractivity contribution in [3.8, 4) is 0 Å². The van der Waals surface area contributed by atoms with Gasteiger partial charge in [0.05, 0.1) is 17.8 Å². The molecule has 2 aromatic rings. The Bertz CT molecular complexity index is 1390. The first kappa shape index (κ1) is 29.0. The Balaban J connectivity index is 1.18. The number of allylic oxidation sites excluding steroid dienone is 2. The van der Waals surface area contributed by atoms with Crippen LogP contribution >= 0.6 is 0 Å². The number of rotatable bonds is 5. The number of aryl methyl sites for hydroxylation is 1. The van der Waals surface area contributed by atoms with Crippen LogP contribution < -0.4 is 4.90 Å². The lowest BCUT2D eigenvalue weighted by molar-refractivity contribution is -0.118. The molecular weight excluding hydrogens is 506 g/mol. The first-order valence-corrected chi connectivity index (χ1v) is 16.3. The Kier molecular flexibility index (Phi) is 6.84. The Morgan fingerprint density at radius 3 is 2.59 bits per heavy atom. The summed E-state index contributed by atoms with van der Waals surface area (Å²) in [6.45, 7) is 14.8. The molecule has 0 radical (unpaired) electrons. The Hall–Kier alpha value is -2.14. The minimum absolute atomic E-state index is 0.0108. The molecule has 0 bridgehead atoms. The van der Waals surface area contributed by atoms with Gasteiger partial charge in [0, 0.05) is 31.6 Å². The molecule has 0 aliphatic heterocycles. The summed E-state index contributed by atoms with van der Waals surface area (Å²) < 4.78 is 1.87. The standard InChI is InChI=1S/C36H53N3O2/c1-23(9-14-32(41)38(7)25-11-10-24-22-37-39(8)29(24)21-25)26-15-19-36(6)28-12-13-30-33(2,3)31(40)17-18-34(30,4)27(28)16-20-35(26,36)5/h10-11,21-23,26,30-31,40H,9,12-20H2,1-8H3/t23-,26-,30+,31+,34-,35-,36+/m1/s1. The number of aromatic nitrogens is 2. The van der Waals surface area contributed by atoms with Gasteiger partial charge in [0.2, 0.25) is 5.91 Å². The number of benzene rings is 1. The zero-order chi connectivity index (χ0) is 29.5. The van der Waals surface area contributed by atoms with E-state index >= 15 is 0 Å². The van der Waals surface area contributed by atoms with E-state index in [9.17, 15) is 9.90 Å². The number of fused-ring (bicyclic) bond motifs is 5. The number of aliphatic hydroxyl groups is 1. The Morgan fingerprint density at radius 2 is 1.83 bits per heavy atom. The zero-order valence-electron chi connectivity index (χ0n) is 26.9. The van der Waals surface area contributed by atoms with Crippen LogP contribution in [0.4, 0.5) is 5.69 Å². The molecule has 1 aromatic heterocycles. The topological polar surface area (TPSA) is 58.4 Å². The summed E-state index contributed by atoms with van der Waals surface area (Å²) in [7, 11) is 3.86. The second-order valence-electron chi connectivity index (χ2n) is 15.7. The van der Waals surface area contributed by atoms with Gasteiger partial charge in [-0.25, -0.2) is 0 Å². The number of hydrogen-bond acceptors (Lipinski definition) is 3. The third-order valence-electron chi connectivity index (χ3n) is 13.8. The van der Waals surface area contributed by atoms with Crippen LogP contribution in [0.5, 0.6) is 0 Å². The molecular formula is C36H53N3O2. The van der Waals surface area contributed by atoms with Crippen molar-refractivity contribution in [3.05, 3.63) is 35.5 Å². The molecule has 2 saturated carbocycles. The molecule has 5 nitrogen and oxygen atoms in total. The van der Waals surface area contributed by atoms with Crippen molar-refractivity contribution in [1.82, 2.24) is 9.78 Å². The fourth-order valence-corrected chi connectivity index (χ4v) is 10.8. The highest BCUT2D eigenvalue weighted by molar-refractivity contribution is 5.95. The van der Waals surface area contributed by atoms with E-state index in [2.05, 4.69) is 58.8 Å². The van der Waals surface area contributed by atoms with Gasteiger partial charge in [0.15, 0.2) is 0 Å². The van der Waals surface area contributed by atoms with Gasteiger partial charge >= 0.3 is 0 Å². The van der Waals surface area contributed by atoms with E-state index in [0.717, 1.165) is 35.9 Å². The molecule has 1 N–H and O–H groups in total. The lowest BCUT2D eigenvalue weighted by Gasteiger charge is -2.62. The fraction of sp³-hybridized carbons (Fsp3) is 0.722. The summed E-state index contributed by atoms with van der Waals surface area (Å²) in [6, 6.07) is 6.16. The van der Waals surface area contributed by atoms with Crippen molar-refractivity contribution < 1.29 is 9.90 Å². The fourth-order valence-electron chi connectivity index (χ4n) is 10.8. The molecule has 4 aliphatic rings. The quantitative estimate of drug-likeness (QED) is 0.377. The molecule has 1 heterocycles. The largest absolute Gasteiger partial charge is 0.393 e. The predicted molar refractivity (Wildman–Crippen MR) is 168 cm³/mol. The number of carbonyl (C=O) groups excluding carboxylic acids is 1. The van der Waals surface area contributed by atoms with Gasteiger partial charge in [0.1, 0.15) is 0 Å². The van der Waals surface area contributed by atoms with Crippen LogP contribution in [0.3, 0.4) is 0 Å². The second-order valence-corrected chi connectivity index (χ2v) is 15.7. The number of carbonyl (C=O) groups is 1. The highest BCUT2D eigenvalue weighted by Gasteiger charge is 2.63. The van der Waals surface area contributed by atoms with Crippen molar-refractivity contribution in [3.63, 3.8) is 0 Å². The molecule has 5 heteroatoms. The van der Waals surface area contributed by atoms with Gasteiger partial charge in [-0.15, -0.1) is 0 Å². The number of nitrogens with zero attached hydrogens (tertiary/aromatic N) is 3. The smallest absolute Gasteiger partial charge is 0.226 e. The molecule has 2 fully saturated rings. The van der Waals surface area contributed by atoms with Crippen molar-refractivity contribution >= 4 is 22.5 Å². The van der Waals surface area contributed by atoms with E-state index in [0.29, 0.717) is 24.2 Å². The number of aliphatic hydroxyl groups excluding tert-OH is 1. The van der Waals surface area contributed by atoms with E-state index in [1.165, 1.54) is 38.5 Å². The number of amides is 1. The van der Waals surface area contributed by atoms with Crippen LogP contribution in [0.15, 0.2) is 35.5 Å². The lowest BCUT2D eigenvalue weighted by atomic mass is 9.43. The van der Waals surface area contributed by atoms with Crippen LogP contribution in [0, 0.1) is 39.4 Å². The van der Waals surface area contributed by atoms with E-state index in [1.807, 2.05) is 35.9 Å². The monoisotopic (exact) mass is 559 g/mol. The van der Waals surface area contributed by atoms with Gasteiger partial charge in [-0.05, 0) is 115 Å². The van der Waals surface area contributed by atoms with Crippen molar-refractivity contribution in [1.29, 1.82) is 0 Å². The summed E-state index contributed by atoms with van der Waals surface area (Å²) in [5.74, 6) is 1.95. The number of anilines is 1. The maximum atomic E-state index is 13.4. The molecule has 7 atom stereocenters. The van der Waals surface area contributed by atoms with Gasteiger partial charge < -0.3 is 10.0 Å². The zero-order valence-corrected chi connectivity index (χ0v) is 26.9. The van der Waals surface area contributed by atoms with E-state index in [4.69, 9.17) is 0 Å². The third-order valence-corrected chi connectivity index (χ3v) is 13.8. The van der Waals surface area contributed by atoms with E-state index < -0.39 is 0 Å². The first-order valence-electron chi connectivity index (χ1n) is 16.3. The summed E-state index contributed by atoms with van der Waals surface area (Å²) in [6.07, 6.45) is 12.8. The summed E-state index contributed by atoms with van der Waals surface area (Å²) in [5, 5.41) is 16.4. The van der Waals surface area contributed by atoms with Gasteiger partial charge in [0.25, 0.3) is 0 Å². The molecule has 0 spiro atoms. The molecule has 4 aliphatic carbocycles. The van der Waals surface area contributed by atoms with Crippen molar-refractivity contribution in [2.45, 2.75) is 112 Å². The third kappa shape index (κ3) is 4.11. The molecule has 0 saturated heterocycles. The van der Waals surface area contributed by atoms with Crippen LogP contribution in [0.25, 0.3) is 10.9 Å². The van der Waals surface area contributed by atoms with Crippen molar-refractivity contribution in [2.24, 2.45) is 46.5 Å². The normalized spacial score (nSPS) is 37.0. The van der Waals surface area contributed by atoms with E-state index in [-0.39, 0.29) is 33.7 Å². The van der Waals surface area contributed by atoms with Crippen LogP contribution in [0.1, 0.15) is 106 Å². The van der Waals surface area contributed by atoms with Crippen molar-refractivity contribution in [2.75, 3.05) is 11.9 Å². The van der Waals surface area contributed by atoms with Gasteiger partial charge in [-0.1, -0.05) is 52.7 Å². The average molecular weight is 560 g/mol. The molecule has 1 amide bonds. The number of hydrogen-bond donors (Lipinski definition) is 1. The van der Waals surface area contributed by atoms with E-state index in [1.54, 1.807) is 11.1 Å². The summed E-state index contributed by atoms with van der Waals surface area (Å²) in [5.41, 5.74) is 6.34. The molecule has 224 valence electrons. The molecule has 1 aromatic carbocycles. The highest BCUT2D eigenvalue weighted by atomic mass is 16.3. The first-order chi connectivity index (χ1) is 19.2. The summed E-state index contributed by atoms with van der Waals surface area (Å²) in [4.78, 5) is 15.2. The van der Waals surface area contributed by atoms with Gasteiger partial charge in [-0.3, -0.25) is 9.48 Å². The second kappa shape index (κ2) is 9.69. The Morgan fingerprint density at radius 1 is 1.07 bits per heavy atom. The molecule has 41 heavy (non-hydrogen) atoms. The van der Waals surface area contributed by atoms with Crippen LogP contribution in [0.2, 0.25) is 0 Å². The lowest BCUT2D eigenvalue weighted by Crippen LogP contribution is -2.55. The highest BCUT2D eigenvalue weighted by Crippen LogP contribution is 2.72. The average Bonchev–Trinajstić information content (AvgIpc) is 3.45. The minimum atomic E-state index is -0.177. The van der Waals surface area contributed by atoms with Crippen LogP contribution in [-0.2, 0) is 11.8 Å². The maximum absolute atomic E-state index is 13.4. The predicted octanol–water partition coefficient (Wildman–Crippen LogP) is 8.06. The minimum Gasteiger partial charge on any atom is -0.393 e. The molecule has 6 rings (SSSR count). The van der Waals surface area contributed by atoms with Gasteiger partial charge in [-0.2, -0.15) is 5.10 Å². The molecule has 0 unspecified atom stereocenters. The SMILES string of the molecule is C[C@H](CCC(=O)N(C)c1ccc2cnn(C)c2c1)[C@H]1CC[C@@]2(C)C3=C(CC[C@]12C)[C@@]1(C)CC[C@H](O)C(C)(C)[C@@H]1CC3. The summed E-state index contributed by atoms with van der Waals surface area (Å²) >= 11 is 0. The Labute approximate surface area is 247 Å². The van der Waals surface area contributed by atoms with Crippen LogP contribution in [-0.4, -0.2) is 33.9 Å². The maximum Gasteiger partial charge on any atom is 0.226 e.